The maximum absolute atomic E-state index is 13.4. The molecule has 0 saturated heterocycles. The van der Waals surface area contributed by atoms with E-state index >= 15 is 0 Å². The Labute approximate surface area is 114 Å². The molecule has 1 aliphatic carbocycles. The first-order valence-electron chi connectivity index (χ1n) is 6.21. The van der Waals surface area contributed by atoms with Crippen molar-refractivity contribution in [3.8, 4) is 5.75 Å². The van der Waals surface area contributed by atoms with Crippen LogP contribution in [0, 0.1) is 5.82 Å². The largest absolute Gasteiger partial charge is 0.432 e. The van der Waals surface area contributed by atoms with Crippen molar-refractivity contribution in [2.75, 3.05) is 5.32 Å². The van der Waals surface area contributed by atoms with Gasteiger partial charge in [0, 0.05) is 23.7 Å². The molecule has 1 aliphatic rings. The second kappa shape index (κ2) is 5.70. The van der Waals surface area contributed by atoms with Gasteiger partial charge in [-0.1, -0.05) is 0 Å². The number of amides is 1. The Kier molecular flexibility index (Phi) is 4.17. The molecule has 0 bridgehead atoms. The lowest BCUT2D eigenvalue weighted by Crippen LogP contribution is -2.48. The van der Waals surface area contributed by atoms with Crippen LogP contribution in [0.4, 0.5) is 18.9 Å². The van der Waals surface area contributed by atoms with E-state index < -0.39 is 23.7 Å². The first kappa shape index (κ1) is 14.6. The molecule has 7 heteroatoms. The Bertz CT molecular complexity index is 504. The minimum Gasteiger partial charge on any atom is -0.432 e. The summed E-state index contributed by atoms with van der Waals surface area (Å²) in [5.41, 5.74) is 5.63. The first-order chi connectivity index (χ1) is 9.38. The van der Waals surface area contributed by atoms with Gasteiger partial charge in [0.25, 0.3) is 0 Å². The van der Waals surface area contributed by atoms with Crippen molar-refractivity contribution >= 4 is 11.6 Å². The third kappa shape index (κ3) is 3.63. The Morgan fingerprint density at radius 1 is 1.45 bits per heavy atom. The summed E-state index contributed by atoms with van der Waals surface area (Å²) in [6, 6.07) is 3.26. The first-order valence-corrected chi connectivity index (χ1v) is 6.21. The molecule has 0 aliphatic heterocycles. The van der Waals surface area contributed by atoms with Crippen molar-refractivity contribution in [2.45, 2.75) is 37.8 Å². The molecule has 4 nitrogen and oxygen atoms in total. The highest BCUT2D eigenvalue weighted by Crippen LogP contribution is 2.32. The summed E-state index contributed by atoms with van der Waals surface area (Å²) >= 11 is 0. The average Bonchev–Trinajstić information content (AvgIpc) is 2.30. The fraction of sp³-hybridized carbons (Fsp3) is 0.462. The molecule has 1 fully saturated rings. The van der Waals surface area contributed by atoms with Gasteiger partial charge in [-0.2, -0.15) is 8.78 Å². The van der Waals surface area contributed by atoms with Gasteiger partial charge in [0.2, 0.25) is 5.91 Å². The SMILES string of the molecule is NC1(CC(=O)Nc2ccc(OC(F)F)c(F)c2)CCC1. The van der Waals surface area contributed by atoms with Crippen LogP contribution in [0.3, 0.4) is 0 Å². The summed E-state index contributed by atoms with van der Waals surface area (Å²) in [5, 5.41) is 2.49. The van der Waals surface area contributed by atoms with Crippen LogP contribution in [-0.2, 0) is 4.79 Å². The number of rotatable bonds is 5. The highest BCUT2D eigenvalue weighted by Gasteiger charge is 2.34. The second-order valence-corrected chi connectivity index (χ2v) is 4.96. The maximum atomic E-state index is 13.4. The van der Waals surface area contributed by atoms with Gasteiger partial charge in [-0.3, -0.25) is 4.79 Å². The average molecular weight is 288 g/mol. The van der Waals surface area contributed by atoms with Crippen molar-refractivity contribution < 1.29 is 22.7 Å². The van der Waals surface area contributed by atoms with Gasteiger partial charge in [-0.05, 0) is 31.4 Å². The molecule has 0 radical (unpaired) electrons. The maximum Gasteiger partial charge on any atom is 0.387 e. The van der Waals surface area contributed by atoms with E-state index in [0.29, 0.717) is 0 Å². The number of anilines is 1. The molecule has 3 N–H and O–H groups in total. The Morgan fingerprint density at radius 3 is 2.65 bits per heavy atom. The van der Waals surface area contributed by atoms with E-state index in [2.05, 4.69) is 10.1 Å². The van der Waals surface area contributed by atoms with E-state index in [1.807, 2.05) is 0 Å². The molecule has 110 valence electrons. The number of ether oxygens (including phenoxy) is 1. The van der Waals surface area contributed by atoms with Crippen LogP contribution in [-0.4, -0.2) is 18.1 Å². The minimum absolute atomic E-state index is 0.157. The van der Waals surface area contributed by atoms with Crippen LogP contribution in [0.15, 0.2) is 18.2 Å². The summed E-state index contributed by atoms with van der Waals surface area (Å²) in [6.07, 6.45) is 2.73. The Balaban J connectivity index is 1.95. The molecule has 0 aromatic heterocycles. The Hall–Kier alpha value is -1.76. The predicted octanol–water partition coefficient (Wildman–Crippen LogP) is 2.64. The molecule has 1 amide bonds. The van der Waals surface area contributed by atoms with Crippen molar-refractivity contribution in [2.24, 2.45) is 5.73 Å². The second-order valence-electron chi connectivity index (χ2n) is 4.96. The number of hydrogen-bond donors (Lipinski definition) is 2. The van der Waals surface area contributed by atoms with E-state index in [0.717, 1.165) is 31.4 Å². The van der Waals surface area contributed by atoms with Gasteiger partial charge in [-0.15, -0.1) is 0 Å². The summed E-state index contributed by atoms with van der Waals surface area (Å²) in [5.74, 6) is -1.85. The summed E-state index contributed by atoms with van der Waals surface area (Å²) in [6.45, 7) is -3.10. The molecular formula is C13H15F3N2O2. The molecule has 0 heterocycles. The molecule has 2 rings (SSSR count). The summed E-state index contributed by atoms with van der Waals surface area (Å²) in [4.78, 5) is 11.7. The third-order valence-electron chi connectivity index (χ3n) is 3.29. The highest BCUT2D eigenvalue weighted by atomic mass is 19.3. The zero-order chi connectivity index (χ0) is 14.8. The van der Waals surface area contributed by atoms with Crippen LogP contribution in [0.5, 0.6) is 5.75 Å². The van der Waals surface area contributed by atoms with Crippen LogP contribution < -0.4 is 15.8 Å². The fourth-order valence-electron chi connectivity index (χ4n) is 2.10. The Morgan fingerprint density at radius 2 is 2.15 bits per heavy atom. The van der Waals surface area contributed by atoms with Gasteiger partial charge in [0.05, 0.1) is 0 Å². The van der Waals surface area contributed by atoms with Crippen molar-refractivity contribution in [3.05, 3.63) is 24.0 Å². The van der Waals surface area contributed by atoms with E-state index in [4.69, 9.17) is 5.73 Å². The number of nitrogens with one attached hydrogen (secondary N) is 1. The van der Waals surface area contributed by atoms with Gasteiger partial charge < -0.3 is 15.8 Å². The molecule has 0 spiro atoms. The number of carbonyl (C=O) groups excluding carboxylic acids is 1. The van der Waals surface area contributed by atoms with Gasteiger partial charge >= 0.3 is 6.61 Å². The van der Waals surface area contributed by atoms with Gasteiger partial charge in [0.1, 0.15) is 0 Å². The van der Waals surface area contributed by atoms with Crippen LogP contribution in [0.2, 0.25) is 0 Å². The smallest absolute Gasteiger partial charge is 0.387 e. The number of alkyl halides is 2. The molecule has 0 unspecified atom stereocenters. The molecular weight excluding hydrogens is 273 g/mol. The number of hydrogen-bond acceptors (Lipinski definition) is 3. The van der Waals surface area contributed by atoms with E-state index in [-0.39, 0.29) is 18.0 Å². The molecule has 1 saturated carbocycles. The van der Waals surface area contributed by atoms with Gasteiger partial charge in [0.15, 0.2) is 11.6 Å². The van der Waals surface area contributed by atoms with Gasteiger partial charge in [-0.25, -0.2) is 4.39 Å². The zero-order valence-corrected chi connectivity index (χ0v) is 10.7. The summed E-state index contributed by atoms with van der Waals surface area (Å²) in [7, 11) is 0. The number of carbonyl (C=O) groups is 1. The third-order valence-corrected chi connectivity index (χ3v) is 3.29. The van der Waals surface area contributed by atoms with Crippen molar-refractivity contribution in [3.63, 3.8) is 0 Å². The van der Waals surface area contributed by atoms with Crippen molar-refractivity contribution in [1.82, 2.24) is 0 Å². The molecule has 20 heavy (non-hydrogen) atoms. The molecule has 1 aromatic carbocycles. The van der Waals surface area contributed by atoms with Crippen LogP contribution >= 0.6 is 0 Å². The lowest BCUT2D eigenvalue weighted by Gasteiger charge is -2.37. The monoisotopic (exact) mass is 288 g/mol. The van der Waals surface area contributed by atoms with E-state index in [1.165, 1.54) is 6.07 Å². The summed E-state index contributed by atoms with van der Waals surface area (Å²) < 4.78 is 41.4. The topological polar surface area (TPSA) is 64.4 Å². The highest BCUT2D eigenvalue weighted by molar-refractivity contribution is 5.91. The minimum atomic E-state index is -3.10. The predicted molar refractivity (Wildman–Crippen MR) is 67.0 cm³/mol. The number of benzene rings is 1. The van der Waals surface area contributed by atoms with E-state index in [1.54, 1.807) is 0 Å². The quantitative estimate of drug-likeness (QED) is 0.875. The fourth-order valence-corrected chi connectivity index (χ4v) is 2.10. The lowest BCUT2D eigenvalue weighted by molar-refractivity contribution is -0.118. The molecule has 1 aromatic rings. The van der Waals surface area contributed by atoms with E-state index in [9.17, 15) is 18.0 Å². The number of halogens is 3. The standard InChI is InChI=1S/C13H15F3N2O2/c14-9-6-8(2-3-10(9)20-12(15)16)18-11(19)7-13(17)4-1-5-13/h2-3,6,12H,1,4-5,7,17H2,(H,18,19). The molecule has 0 atom stereocenters. The van der Waals surface area contributed by atoms with Crippen LogP contribution in [0.1, 0.15) is 25.7 Å². The zero-order valence-electron chi connectivity index (χ0n) is 10.7. The number of nitrogens with two attached hydrogens (primary N) is 1. The van der Waals surface area contributed by atoms with Crippen molar-refractivity contribution in [1.29, 1.82) is 0 Å². The lowest BCUT2D eigenvalue weighted by atomic mass is 9.75. The van der Waals surface area contributed by atoms with Crippen LogP contribution in [0.25, 0.3) is 0 Å². The normalized spacial score (nSPS) is 16.6.